The Kier molecular flexibility index (Phi) is 5.14. The van der Waals surface area contributed by atoms with Crippen LogP contribution < -0.4 is 10.1 Å². The van der Waals surface area contributed by atoms with Gasteiger partial charge in [-0.05, 0) is 55.5 Å². The van der Waals surface area contributed by atoms with Gasteiger partial charge in [-0.1, -0.05) is 17.3 Å². The average molecular weight is 357 g/mol. The fourth-order valence-electron chi connectivity index (χ4n) is 2.18. The highest BCUT2D eigenvalue weighted by atomic mass is 32.1. The molecule has 0 fully saturated rings. The Hall–Kier alpha value is -2.67. The Bertz CT molecular complexity index is 858. The van der Waals surface area contributed by atoms with E-state index < -0.39 is 6.10 Å². The first-order chi connectivity index (χ1) is 12.0. The molecule has 3 aromatic rings. The second-order valence-corrected chi connectivity index (χ2v) is 6.66. The number of benzene rings is 1. The lowest BCUT2D eigenvalue weighted by atomic mass is 10.1. The third-order valence-electron chi connectivity index (χ3n) is 3.78. The van der Waals surface area contributed by atoms with Crippen molar-refractivity contribution in [3.63, 3.8) is 0 Å². The number of nitrogens with one attached hydrogen (secondary N) is 1. The van der Waals surface area contributed by atoms with Gasteiger partial charge in [-0.2, -0.15) is 4.98 Å². The van der Waals surface area contributed by atoms with E-state index in [4.69, 9.17) is 9.26 Å². The largest absolute Gasteiger partial charge is 0.481 e. The van der Waals surface area contributed by atoms with Crippen LogP contribution in [0, 0.1) is 13.8 Å². The van der Waals surface area contributed by atoms with Gasteiger partial charge in [-0.15, -0.1) is 11.3 Å². The Morgan fingerprint density at radius 1 is 1.32 bits per heavy atom. The second kappa shape index (κ2) is 7.48. The maximum atomic E-state index is 12.2. The molecular weight excluding hydrogens is 338 g/mol. The van der Waals surface area contributed by atoms with Crippen LogP contribution in [-0.2, 0) is 11.3 Å². The van der Waals surface area contributed by atoms with E-state index >= 15 is 0 Å². The summed E-state index contributed by atoms with van der Waals surface area (Å²) in [6.45, 7) is 5.91. The van der Waals surface area contributed by atoms with Gasteiger partial charge >= 0.3 is 0 Å². The van der Waals surface area contributed by atoms with Crippen molar-refractivity contribution in [2.45, 2.75) is 33.4 Å². The number of rotatable bonds is 6. The number of aromatic nitrogens is 2. The average Bonchev–Trinajstić information content (AvgIpc) is 3.26. The molecular formula is C18H19N3O3S. The molecule has 130 valence electrons. The molecule has 2 heterocycles. The molecule has 6 nitrogen and oxygen atoms in total. The van der Waals surface area contributed by atoms with Gasteiger partial charge in [-0.25, -0.2) is 0 Å². The predicted molar refractivity (Wildman–Crippen MR) is 95.5 cm³/mol. The van der Waals surface area contributed by atoms with Gasteiger partial charge in [0.2, 0.25) is 11.7 Å². The quantitative estimate of drug-likeness (QED) is 0.730. The van der Waals surface area contributed by atoms with E-state index in [9.17, 15) is 4.79 Å². The first-order valence-electron chi connectivity index (χ1n) is 7.91. The summed E-state index contributed by atoms with van der Waals surface area (Å²) in [7, 11) is 0. The van der Waals surface area contributed by atoms with E-state index in [-0.39, 0.29) is 12.5 Å². The van der Waals surface area contributed by atoms with Gasteiger partial charge in [0.25, 0.3) is 5.91 Å². The Balaban J connectivity index is 1.54. The van der Waals surface area contributed by atoms with E-state index in [1.807, 2.05) is 49.6 Å². The van der Waals surface area contributed by atoms with Crippen molar-refractivity contribution < 1.29 is 14.1 Å². The van der Waals surface area contributed by atoms with Crippen LogP contribution in [0.5, 0.6) is 5.75 Å². The number of aryl methyl sites for hydroxylation is 2. The zero-order chi connectivity index (χ0) is 17.8. The predicted octanol–water partition coefficient (Wildman–Crippen LogP) is 3.50. The van der Waals surface area contributed by atoms with Crippen LogP contribution in [0.1, 0.15) is 23.9 Å². The van der Waals surface area contributed by atoms with Gasteiger partial charge in [0.15, 0.2) is 6.10 Å². The van der Waals surface area contributed by atoms with E-state index in [2.05, 4.69) is 15.5 Å². The molecule has 0 aliphatic carbocycles. The van der Waals surface area contributed by atoms with Gasteiger partial charge in [0.1, 0.15) is 5.75 Å². The molecule has 1 amide bonds. The van der Waals surface area contributed by atoms with E-state index in [0.717, 1.165) is 10.4 Å². The highest BCUT2D eigenvalue weighted by molar-refractivity contribution is 7.13. The van der Waals surface area contributed by atoms with Crippen LogP contribution in [0.15, 0.2) is 40.2 Å². The first-order valence-corrected chi connectivity index (χ1v) is 8.79. The number of hydrogen-bond donors (Lipinski definition) is 1. The van der Waals surface area contributed by atoms with Crippen molar-refractivity contribution in [1.82, 2.24) is 15.5 Å². The van der Waals surface area contributed by atoms with Crippen molar-refractivity contribution in [2.24, 2.45) is 0 Å². The van der Waals surface area contributed by atoms with Crippen molar-refractivity contribution in [2.75, 3.05) is 0 Å². The molecule has 1 aromatic carbocycles. The number of hydrogen-bond acceptors (Lipinski definition) is 6. The zero-order valence-electron chi connectivity index (χ0n) is 14.3. The van der Waals surface area contributed by atoms with Gasteiger partial charge in [-0.3, -0.25) is 4.79 Å². The summed E-state index contributed by atoms with van der Waals surface area (Å²) < 4.78 is 10.8. The second-order valence-electron chi connectivity index (χ2n) is 5.71. The van der Waals surface area contributed by atoms with Crippen molar-refractivity contribution >= 4 is 17.2 Å². The number of thiophene rings is 1. The summed E-state index contributed by atoms with van der Waals surface area (Å²) in [6.07, 6.45) is -0.623. The summed E-state index contributed by atoms with van der Waals surface area (Å²) in [4.78, 5) is 17.4. The molecule has 7 heteroatoms. The molecule has 0 saturated carbocycles. The molecule has 1 N–H and O–H groups in total. The fraction of sp³-hybridized carbons (Fsp3) is 0.278. The minimum absolute atomic E-state index is 0.165. The van der Waals surface area contributed by atoms with Crippen LogP contribution in [-0.4, -0.2) is 22.2 Å². The monoisotopic (exact) mass is 357 g/mol. The Morgan fingerprint density at radius 3 is 2.88 bits per heavy atom. The van der Waals surface area contributed by atoms with Crippen molar-refractivity contribution in [1.29, 1.82) is 0 Å². The third-order valence-corrected chi connectivity index (χ3v) is 4.65. The normalized spacial score (nSPS) is 12.0. The minimum Gasteiger partial charge on any atom is -0.481 e. The van der Waals surface area contributed by atoms with Crippen molar-refractivity contribution in [3.8, 4) is 16.5 Å². The highest BCUT2D eigenvalue weighted by Gasteiger charge is 2.16. The minimum atomic E-state index is -0.623. The van der Waals surface area contributed by atoms with E-state index in [1.54, 1.807) is 6.92 Å². The molecule has 0 saturated heterocycles. The number of carbonyl (C=O) groups is 1. The van der Waals surface area contributed by atoms with Gasteiger partial charge in [0.05, 0.1) is 11.4 Å². The molecule has 0 bridgehead atoms. The lowest BCUT2D eigenvalue weighted by molar-refractivity contribution is -0.127. The summed E-state index contributed by atoms with van der Waals surface area (Å²) in [5.74, 6) is 1.31. The number of amides is 1. The molecule has 0 aliphatic heterocycles. The lowest BCUT2D eigenvalue weighted by Crippen LogP contribution is -2.36. The maximum absolute atomic E-state index is 12.2. The topological polar surface area (TPSA) is 77.2 Å². The SMILES string of the molecule is Cc1ccc(O[C@H](C)C(=O)NCc2nc(-c3cccs3)no2)cc1C. The number of carbonyl (C=O) groups excluding carboxylic acids is 1. The van der Waals surface area contributed by atoms with Crippen LogP contribution >= 0.6 is 11.3 Å². The summed E-state index contributed by atoms with van der Waals surface area (Å²) in [5.41, 5.74) is 2.31. The van der Waals surface area contributed by atoms with Crippen LogP contribution in [0.2, 0.25) is 0 Å². The fourth-order valence-corrected chi connectivity index (χ4v) is 2.83. The lowest BCUT2D eigenvalue weighted by Gasteiger charge is -2.15. The maximum Gasteiger partial charge on any atom is 0.261 e. The van der Waals surface area contributed by atoms with E-state index in [1.165, 1.54) is 16.9 Å². The highest BCUT2D eigenvalue weighted by Crippen LogP contribution is 2.21. The number of nitrogens with zero attached hydrogens (tertiary/aromatic N) is 2. The van der Waals surface area contributed by atoms with Crippen LogP contribution in [0.25, 0.3) is 10.7 Å². The Labute approximate surface area is 149 Å². The summed E-state index contributed by atoms with van der Waals surface area (Å²) in [5, 5.41) is 8.60. The number of ether oxygens (including phenoxy) is 1. The van der Waals surface area contributed by atoms with Crippen molar-refractivity contribution in [3.05, 3.63) is 52.7 Å². The standard InChI is InChI=1S/C18H19N3O3S/c1-11-6-7-14(9-12(11)2)23-13(3)18(22)19-10-16-20-17(21-24-16)15-5-4-8-25-15/h4-9,13H,10H2,1-3H3,(H,19,22)/t13-/m1/s1. The molecule has 1 atom stereocenters. The third kappa shape index (κ3) is 4.24. The summed E-state index contributed by atoms with van der Waals surface area (Å²) >= 11 is 1.53. The molecule has 0 spiro atoms. The summed E-state index contributed by atoms with van der Waals surface area (Å²) in [6, 6.07) is 9.59. The molecule has 0 radical (unpaired) electrons. The molecule has 0 aliphatic rings. The molecule has 25 heavy (non-hydrogen) atoms. The van der Waals surface area contributed by atoms with Crippen LogP contribution in [0.4, 0.5) is 0 Å². The molecule has 3 rings (SSSR count). The zero-order valence-corrected chi connectivity index (χ0v) is 15.1. The first kappa shape index (κ1) is 17.2. The van der Waals surface area contributed by atoms with Gasteiger partial charge in [0, 0.05) is 0 Å². The van der Waals surface area contributed by atoms with Crippen LogP contribution in [0.3, 0.4) is 0 Å². The van der Waals surface area contributed by atoms with E-state index in [0.29, 0.717) is 17.5 Å². The molecule has 2 aromatic heterocycles. The molecule has 0 unspecified atom stereocenters. The Morgan fingerprint density at radius 2 is 2.16 bits per heavy atom. The smallest absolute Gasteiger partial charge is 0.261 e. The van der Waals surface area contributed by atoms with Gasteiger partial charge < -0.3 is 14.6 Å².